The zero-order valence-electron chi connectivity index (χ0n) is 18.4. The molecular weight excluding hydrogens is 402 g/mol. The van der Waals surface area contributed by atoms with Crippen LogP contribution in [0.15, 0.2) is 0 Å². The van der Waals surface area contributed by atoms with E-state index in [1.54, 1.807) is 0 Å². The van der Waals surface area contributed by atoms with Crippen LogP contribution in [-0.2, 0) is 9.59 Å². The van der Waals surface area contributed by atoms with Crippen molar-refractivity contribution in [1.82, 2.24) is 30.8 Å². The molecule has 6 unspecified atom stereocenters. The number of hydrogen-bond donors (Lipinski definition) is 2. The van der Waals surface area contributed by atoms with Gasteiger partial charge in [-0.15, -0.1) is 22.0 Å². The number of fused-ring (bicyclic) bond motifs is 1. The molecule has 1 amide bonds. The third-order valence-electron chi connectivity index (χ3n) is 7.98. The van der Waals surface area contributed by atoms with Crippen LogP contribution in [-0.4, -0.2) is 83.7 Å². The number of thioether (sulfide) groups is 1. The van der Waals surface area contributed by atoms with Crippen molar-refractivity contribution < 1.29 is 14.1 Å². The van der Waals surface area contributed by atoms with Crippen LogP contribution in [0.1, 0.15) is 59.3 Å². The fourth-order valence-corrected chi connectivity index (χ4v) is 8.50. The van der Waals surface area contributed by atoms with Gasteiger partial charge in [-0.3, -0.25) is 19.4 Å². The second-order valence-electron chi connectivity index (χ2n) is 10.7. The molecule has 1 aromatic heterocycles. The van der Waals surface area contributed by atoms with Crippen molar-refractivity contribution >= 4 is 23.5 Å². The number of amides is 1. The van der Waals surface area contributed by atoms with Crippen molar-refractivity contribution in [3.8, 4) is 0 Å². The average molecular weight is 435 g/mol. The third-order valence-corrected chi connectivity index (χ3v) is 9.54. The number of Topliss-reactive ketones (excluding diaryl/α,β-unsaturated/α-hetero) is 1. The molecule has 1 saturated carbocycles. The molecule has 2 N–H and O–H groups in total. The molecule has 3 aliphatic heterocycles. The molecule has 164 valence electrons. The van der Waals surface area contributed by atoms with E-state index in [0.29, 0.717) is 22.5 Å². The molecule has 1 aliphatic carbocycles. The number of aromatic nitrogens is 4. The number of tetrazole rings is 1. The quantitative estimate of drug-likeness (QED) is 0.542. The van der Waals surface area contributed by atoms with Gasteiger partial charge in [0.15, 0.2) is 11.9 Å². The van der Waals surface area contributed by atoms with Crippen LogP contribution < -0.4 is 5.32 Å². The molecule has 9 nitrogen and oxygen atoms in total. The lowest BCUT2D eigenvalue weighted by atomic mass is 9.66. The molecule has 6 atom stereocenters. The first-order valence-corrected chi connectivity index (χ1v) is 11.8. The molecule has 4 heterocycles. The summed E-state index contributed by atoms with van der Waals surface area (Å²) in [4.78, 5) is 28.5. The lowest BCUT2D eigenvalue weighted by molar-refractivity contribution is -0.966. The number of β-lactam (4-membered cyclic amide) rings is 1. The third kappa shape index (κ3) is 2.65. The Balaban J connectivity index is 1.51. The fourth-order valence-electron chi connectivity index (χ4n) is 6.71. The minimum atomic E-state index is -0.206. The lowest BCUT2D eigenvalue weighted by Crippen LogP contribution is -2.79. The number of carbonyl (C=O) groups is 2. The van der Waals surface area contributed by atoms with Gasteiger partial charge in [-0.2, -0.15) is 5.21 Å². The second-order valence-corrected chi connectivity index (χ2v) is 12.5. The van der Waals surface area contributed by atoms with E-state index in [4.69, 9.17) is 0 Å². The molecule has 0 aromatic carbocycles. The summed E-state index contributed by atoms with van der Waals surface area (Å²) in [7, 11) is 0. The number of nitrogens with zero attached hydrogens (tertiary/aromatic N) is 5. The summed E-state index contributed by atoms with van der Waals surface area (Å²) < 4.78 is 0.482. The Morgan fingerprint density at radius 1 is 1.23 bits per heavy atom. The number of hydrogen-bond acceptors (Lipinski definition) is 7. The Hall–Kier alpha value is -1.52. The normalized spacial score (nSPS) is 42.3. The van der Waals surface area contributed by atoms with E-state index in [1.807, 2.05) is 23.6 Å². The van der Waals surface area contributed by atoms with Crippen LogP contribution in [0.2, 0.25) is 0 Å². The maximum absolute atomic E-state index is 13.7. The monoisotopic (exact) mass is 434 g/mol. The Bertz CT molecular complexity index is 865. The predicted molar refractivity (Wildman–Crippen MR) is 112 cm³/mol. The van der Waals surface area contributed by atoms with Gasteiger partial charge in [-0.25, -0.2) is 0 Å². The summed E-state index contributed by atoms with van der Waals surface area (Å²) in [6, 6.07) is -0.168. The van der Waals surface area contributed by atoms with Gasteiger partial charge in [0, 0.05) is 22.6 Å². The molecule has 10 heteroatoms. The summed E-state index contributed by atoms with van der Waals surface area (Å²) >= 11 is 1.84. The smallest absolute Gasteiger partial charge is 0.285 e. The molecule has 3 saturated heterocycles. The van der Waals surface area contributed by atoms with Crippen LogP contribution in [0.25, 0.3) is 0 Å². The SMILES string of the molecule is CC1CC(C)(C)C([N+]2(C3C(=O)N4C3SC(C)(C)C4c3nn[nH]n3)CCNC2)CC1=O. The highest BCUT2D eigenvalue weighted by molar-refractivity contribution is 8.01. The van der Waals surface area contributed by atoms with Crippen LogP contribution in [0.5, 0.6) is 0 Å². The van der Waals surface area contributed by atoms with Crippen molar-refractivity contribution in [1.29, 1.82) is 0 Å². The maximum Gasteiger partial charge on any atom is 0.285 e. The first-order valence-electron chi connectivity index (χ1n) is 10.9. The lowest BCUT2D eigenvalue weighted by Gasteiger charge is -2.59. The van der Waals surface area contributed by atoms with Crippen molar-refractivity contribution in [2.45, 2.75) is 75.7 Å². The Kier molecular flexibility index (Phi) is 4.41. The van der Waals surface area contributed by atoms with Gasteiger partial charge in [-0.1, -0.05) is 26.0 Å². The average Bonchev–Trinajstić information content (AvgIpc) is 3.37. The summed E-state index contributed by atoms with van der Waals surface area (Å²) in [6.07, 6.45) is 1.45. The van der Waals surface area contributed by atoms with Crippen LogP contribution >= 0.6 is 11.8 Å². The summed E-state index contributed by atoms with van der Waals surface area (Å²) in [5.74, 6) is 1.19. The molecule has 5 rings (SSSR count). The number of aromatic amines is 1. The zero-order chi connectivity index (χ0) is 21.5. The first-order chi connectivity index (χ1) is 14.1. The standard InChI is InChI=1S/C20H32N7O2S/c1-11-9-19(2,3)13(8-12(11)28)27(7-6-21-10-27)14-17(29)26-15(16-22-24-25-23-16)20(4,5)30-18(14)26/h11,13-15,18,21H,6-10H2,1-5H3,(H,22,23,24,25)/q+1. The zero-order valence-corrected chi connectivity index (χ0v) is 19.2. The number of ketones is 1. The number of H-pyrrole nitrogens is 1. The largest absolute Gasteiger partial charge is 0.307 e. The van der Waals surface area contributed by atoms with E-state index in [1.165, 1.54) is 0 Å². The highest BCUT2D eigenvalue weighted by Gasteiger charge is 2.72. The minimum absolute atomic E-state index is 0.00586. The highest BCUT2D eigenvalue weighted by Crippen LogP contribution is 2.60. The first kappa shape index (κ1) is 20.4. The van der Waals surface area contributed by atoms with E-state index in [-0.39, 0.29) is 45.5 Å². The summed E-state index contributed by atoms with van der Waals surface area (Å²) in [5.41, 5.74) is 0.00586. The number of carbonyl (C=O) groups excluding carboxylic acids is 2. The van der Waals surface area contributed by atoms with Gasteiger partial charge < -0.3 is 4.90 Å². The summed E-state index contributed by atoms with van der Waals surface area (Å²) in [5, 5.41) is 18.3. The predicted octanol–water partition coefficient (Wildman–Crippen LogP) is 1.07. The van der Waals surface area contributed by atoms with E-state index in [9.17, 15) is 9.59 Å². The highest BCUT2D eigenvalue weighted by atomic mass is 32.2. The molecular formula is C20H32N7O2S+. The van der Waals surface area contributed by atoms with E-state index in [0.717, 1.165) is 26.2 Å². The van der Waals surface area contributed by atoms with Crippen LogP contribution in [0.4, 0.5) is 0 Å². The Labute approximate surface area is 181 Å². The molecule has 0 bridgehead atoms. The maximum atomic E-state index is 13.7. The van der Waals surface area contributed by atoms with Crippen molar-refractivity contribution in [2.75, 3.05) is 19.8 Å². The molecule has 1 aromatic rings. The minimum Gasteiger partial charge on any atom is -0.307 e. The van der Waals surface area contributed by atoms with Crippen molar-refractivity contribution in [2.24, 2.45) is 11.3 Å². The van der Waals surface area contributed by atoms with Gasteiger partial charge >= 0.3 is 0 Å². The van der Waals surface area contributed by atoms with Gasteiger partial charge in [0.25, 0.3) is 5.91 Å². The van der Waals surface area contributed by atoms with Crippen LogP contribution in [0, 0.1) is 11.3 Å². The molecule has 4 fully saturated rings. The molecule has 30 heavy (non-hydrogen) atoms. The molecule has 0 spiro atoms. The number of nitrogens with one attached hydrogen (secondary N) is 2. The van der Waals surface area contributed by atoms with Gasteiger partial charge in [-0.05, 0) is 20.3 Å². The van der Waals surface area contributed by atoms with E-state index < -0.39 is 0 Å². The number of rotatable bonds is 3. The Morgan fingerprint density at radius 3 is 2.63 bits per heavy atom. The summed E-state index contributed by atoms with van der Waals surface area (Å²) in [6.45, 7) is 13.5. The molecule has 0 radical (unpaired) electrons. The van der Waals surface area contributed by atoms with Crippen molar-refractivity contribution in [3.63, 3.8) is 0 Å². The fraction of sp³-hybridized carbons (Fsp3) is 0.850. The second kappa shape index (κ2) is 6.49. The van der Waals surface area contributed by atoms with Crippen molar-refractivity contribution in [3.05, 3.63) is 5.82 Å². The van der Waals surface area contributed by atoms with Gasteiger partial charge in [0.1, 0.15) is 29.9 Å². The van der Waals surface area contributed by atoms with Gasteiger partial charge in [0.05, 0.1) is 13.0 Å². The topological polar surface area (TPSA) is 104 Å². The number of quaternary nitrogens is 1. The van der Waals surface area contributed by atoms with E-state index >= 15 is 0 Å². The Morgan fingerprint density at radius 2 is 2.00 bits per heavy atom. The van der Waals surface area contributed by atoms with Crippen LogP contribution in [0.3, 0.4) is 0 Å². The molecule has 4 aliphatic rings. The van der Waals surface area contributed by atoms with Gasteiger partial charge in [0.2, 0.25) is 0 Å². The van der Waals surface area contributed by atoms with E-state index in [2.05, 4.69) is 53.6 Å².